The molecule has 1 saturated heterocycles. The number of amides is 3. The van der Waals surface area contributed by atoms with E-state index in [4.69, 9.17) is 10.8 Å². The Balaban J connectivity index is 2.23. The van der Waals surface area contributed by atoms with E-state index >= 15 is 0 Å². The number of hydrogen-bond acceptors (Lipinski definition) is 4. The molecular formula is C13H24N4O4. The molecule has 1 unspecified atom stereocenters. The Hall–Kier alpha value is -1.83. The lowest BCUT2D eigenvalue weighted by molar-refractivity contribution is -0.140. The number of carbonyl (C=O) groups is 3. The van der Waals surface area contributed by atoms with Crippen LogP contribution in [0.2, 0.25) is 0 Å². The van der Waals surface area contributed by atoms with Crippen LogP contribution >= 0.6 is 0 Å². The van der Waals surface area contributed by atoms with Crippen molar-refractivity contribution in [2.24, 2.45) is 11.7 Å². The molecule has 21 heavy (non-hydrogen) atoms. The molecule has 120 valence electrons. The largest absolute Gasteiger partial charge is 0.480 e. The first kappa shape index (κ1) is 17.2. The van der Waals surface area contributed by atoms with Gasteiger partial charge in [-0.25, -0.2) is 9.59 Å². The van der Waals surface area contributed by atoms with Gasteiger partial charge in [0, 0.05) is 6.54 Å². The molecule has 0 radical (unpaired) electrons. The number of likely N-dealkylation sites (tertiary alicyclic amines) is 1. The number of hydrogen-bond donors (Lipinski definition) is 4. The highest BCUT2D eigenvalue weighted by Crippen LogP contribution is 2.18. The van der Waals surface area contributed by atoms with Gasteiger partial charge in [0.05, 0.1) is 6.42 Å². The van der Waals surface area contributed by atoms with Crippen molar-refractivity contribution in [2.75, 3.05) is 26.7 Å². The van der Waals surface area contributed by atoms with Crippen LogP contribution in [0.4, 0.5) is 4.79 Å². The second-order valence-corrected chi connectivity index (χ2v) is 5.50. The number of urea groups is 1. The van der Waals surface area contributed by atoms with Crippen LogP contribution in [-0.2, 0) is 9.59 Å². The lowest BCUT2D eigenvalue weighted by atomic mass is 9.94. The van der Waals surface area contributed by atoms with Crippen molar-refractivity contribution in [1.82, 2.24) is 15.5 Å². The van der Waals surface area contributed by atoms with Crippen LogP contribution in [0, 0.1) is 5.92 Å². The molecule has 8 nitrogen and oxygen atoms in total. The number of nitrogens with two attached hydrogens (primary N) is 1. The monoisotopic (exact) mass is 300 g/mol. The Morgan fingerprint density at radius 1 is 1.33 bits per heavy atom. The quantitative estimate of drug-likeness (QED) is 0.497. The van der Waals surface area contributed by atoms with E-state index in [9.17, 15) is 14.4 Å². The molecule has 1 atom stereocenters. The molecule has 8 heteroatoms. The first-order valence-corrected chi connectivity index (χ1v) is 7.12. The van der Waals surface area contributed by atoms with Crippen molar-refractivity contribution < 1.29 is 19.5 Å². The van der Waals surface area contributed by atoms with Gasteiger partial charge in [-0.05, 0) is 45.3 Å². The Morgan fingerprint density at radius 3 is 2.48 bits per heavy atom. The Labute approximate surface area is 124 Å². The topological polar surface area (TPSA) is 125 Å². The van der Waals surface area contributed by atoms with Crippen molar-refractivity contribution in [3.05, 3.63) is 0 Å². The maximum Gasteiger partial charge on any atom is 0.326 e. The number of carboxylic acid groups (broad SMARTS) is 1. The molecule has 0 aromatic heterocycles. The van der Waals surface area contributed by atoms with E-state index in [1.54, 1.807) is 0 Å². The van der Waals surface area contributed by atoms with Crippen molar-refractivity contribution in [3.8, 4) is 0 Å². The molecule has 1 rings (SSSR count). The van der Waals surface area contributed by atoms with Crippen LogP contribution in [-0.4, -0.2) is 60.6 Å². The summed E-state index contributed by atoms with van der Waals surface area (Å²) in [5, 5.41) is 13.7. The van der Waals surface area contributed by atoms with Crippen LogP contribution in [0.3, 0.4) is 0 Å². The fourth-order valence-corrected chi connectivity index (χ4v) is 2.35. The normalized spacial score (nSPS) is 18.0. The zero-order valence-electron chi connectivity index (χ0n) is 12.3. The molecule has 0 bridgehead atoms. The minimum absolute atomic E-state index is 0.419. The Morgan fingerprint density at radius 2 is 1.95 bits per heavy atom. The SMILES string of the molecule is CN1CCC(CCNC(=O)NC(CC(N)=O)C(=O)O)CC1. The maximum absolute atomic E-state index is 11.6. The van der Waals surface area contributed by atoms with Crippen LogP contribution in [0.1, 0.15) is 25.7 Å². The lowest BCUT2D eigenvalue weighted by Gasteiger charge is -2.28. The number of nitrogens with zero attached hydrogens (tertiary/aromatic N) is 1. The minimum atomic E-state index is -1.29. The third kappa shape index (κ3) is 6.94. The van der Waals surface area contributed by atoms with E-state index in [1.807, 2.05) is 0 Å². The number of primary amides is 1. The molecule has 0 spiro atoms. The zero-order valence-corrected chi connectivity index (χ0v) is 12.3. The molecule has 1 aliphatic rings. The van der Waals surface area contributed by atoms with Crippen molar-refractivity contribution in [2.45, 2.75) is 31.7 Å². The molecule has 0 aromatic carbocycles. The summed E-state index contributed by atoms with van der Waals surface area (Å²) in [6.45, 7) is 2.62. The van der Waals surface area contributed by atoms with Crippen LogP contribution in [0.5, 0.6) is 0 Å². The first-order valence-electron chi connectivity index (χ1n) is 7.12. The Kier molecular flexibility index (Phi) is 6.93. The van der Waals surface area contributed by atoms with Gasteiger partial charge < -0.3 is 26.4 Å². The first-order chi connectivity index (χ1) is 9.88. The van der Waals surface area contributed by atoms with E-state index in [2.05, 4.69) is 22.6 Å². The molecule has 0 saturated carbocycles. The van der Waals surface area contributed by atoms with E-state index < -0.39 is 30.4 Å². The number of carbonyl (C=O) groups excluding carboxylic acids is 2. The fourth-order valence-electron chi connectivity index (χ4n) is 2.35. The van der Waals surface area contributed by atoms with Gasteiger partial charge >= 0.3 is 12.0 Å². The molecule has 1 aliphatic heterocycles. The minimum Gasteiger partial charge on any atom is -0.480 e. The average molecular weight is 300 g/mol. The summed E-state index contributed by atoms with van der Waals surface area (Å²) in [6, 6.07) is -1.87. The van der Waals surface area contributed by atoms with Gasteiger partial charge in [0.15, 0.2) is 0 Å². The number of piperidine rings is 1. The highest BCUT2D eigenvalue weighted by atomic mass is 16.4. The van der Waals surface area contributed by atoms with Crippen molar-refractivity contribution in [1.29, 1.82) is 0 Å². The van der Waals surface area contributed by atoms with Gasteiger partial charge in [0.1, 0.15) is 6.04 Å². The summed E-state index contributed by atoms with van der Waals surface area (Å²) in [7, 11) is 2.09. The standard InChI is InChI=1S/C13H24N4O4/c1-17-6-3-9(4-7-17)2-5-15-13(21)16-10(12(19)20)8-11(14)18/h9-10H,2-8H2,1H3,(H2,14,18)(H,19,20)(H2,15,16,21). The average Bonchev–Trinajstić information content (AvgIpc) is 2.39. The highest BCUT2D eigenvalue weighted by Gasteiger charge is 2.22. The Bertz CT molecular complexity index is 380. The second-order valence-electron chi connectivity index (χ2n) is 5.50. The molecule has 5 N–H and O–H groups in total. The van der Waals surface area contributed by atoms with E-state index in [1.165, 1.54) is 0 Å². The van der Waals surface area contributed by atoms with Gasteiger partial charge in [-0.15, -0.1) is 0 Å². The number of carboxylic acids is 1. The second kappa shape index (κ2) is 8.46. The highest BCUT2D eigenvalue weighted by molar-refractivity contribution is 5.87. The number of nitrogens with one attached hydrogen (secondary N) is 2. The van der Waals surface area contributed by atoms with Crippen molar-refractivity contribution >= 4 is 17.9 Å². The summed E-state index contributed by atoms with van der Waals surface area (Å²) in [5.41, 5.74) is 4.94. The smallest absolute Gasteiger partial charge is 0.326 e. The number of aliphatic carboxylic acids is 1. The van der Waals surface area contributed by atoms with Crippen LogP contribution < -0.4 is 16.4 Å². The van der Waals surface area contributed by atoms with Crippen LogP contribution in [0.15, 0.2) is 0 Å². The molecule has 1 heterocycles. The molecule has 0 aromatic rings. The predicted molar refractivity (Wildman–Crippen MR) is 76.6 cm³/mol. The summed E-state index contributed by atoms with van der Waals surface area (Å²) in [6.07, 6.45) is 2.67. The molecule has 1 fully saturated rings. The fraction of sp³-hybridized carbons (Fsp3) is 0.769. The van der Waals surface area contributed by atoms with Gasteiger partial charge in [0.2, 0.25) is 5.91 Å². The molecular weight excluding hydrogens is 276 g/mol. The van der Waals surface area contributed by atoms with Gasteiger partial charge in [-0.2, -0.15) is 0 Å². The maximum atomic E-state index is 11.6. The van der Waals surface area contributed by atoms with Gasteiger partial charge in [0.25, 0.3) is 0 Å². The third-order valence-electron chi connectivity index (χ3n) is 3.69. The van der Waals surface area contributed by atoms with E-state index in [0.29, 0.717) is 12.5 Å². The molecule has 3 amide bonds. The summed E-state index contributed by atoms with van der Waals surface area (Å²) < 4.78 is 0. The summed E-state index contributed by atoms with van der Waals surface area (Å²) in [4.78, 5) is 35.5. The van der Waals surface area contributed by atoms with Crippen LogP contribution in [0.25, 0.3) is 0 Å². The lowest BCUT2D eigenvalue weighted by Crippen LogP contribution is -2.48. The third-order valence-corrected chi connectivity index (χ3v) is 3.69. The van der Waals surface area contributed by atoms with E-state index in [0.717, 1.165) is 32.4 Å². The number of rotatable bonds is 7. The molecule has 0 aliphatic carbocycles. The summed E-state index contributed by atoms with van der Waals surface area (Å²) in [5.74, 6) is -1.46. The van der Waals surface area contributed by atoms with Gasteiger partial charge in [-0.1, -0.05) is 0 Å². The predicted octanol–water partition coefficient (Wildman–Crippen LogP) is -0.654. The van der Waals surface area contributed by atoms with E-state index in [-0.39, 0.29) is 0 Å². The van der Waals surface area contributed by atoms with Crippen molar-refractivity contribution in [3.63, 3.8) is 0 Å². The summed E-state index contributed by atoms with van der Waals surface area (Å²) >= 11 is 0. The zero-order chi connectivity index (χ0) is 15.8. The van der Waals surface area contributed by atoms with Gasteiger partial charge in [-0.3, -0.25) is 4.79 Å².